The first-order valence-electron chi connectivity index (χ1n) is 11.3. The van der Waals surface area contributed by atoms with Gasteiger partial charge >= 0.3 is 0 Å². The van der Waals surface area contributed by atoms with Crippen molar-refractivity contribution in [1.82, 2.24) is 20.0 Å². The maximum atomic E-state index is 6.28. The summed E-state index contributed by atoms with van der Waals surface area (Å²) in [5, 5.41) is 9.56. The highest BCUT2D eigenvalue weighted by Crippen LogP contribution is 2.31. The van der Waals surface area contributed by atoms with E-state index in [1.165, 1.54) is 11.9 Å². The molecule has 1 atom stereocenters. The highest BCUT2D eigenvalue weighted by Gasteiger charge is 2.30. The monoisotopic (exact) mass is 467 g/mol. The fraction of sp³-hybridized carbons (Fsp3) is 0.375. The third kappa shape index (κ3) is 5.80. The fourth-order valence-corrected chi connectivity index (χ4v) is 4.48. The topological polar surface area (TPSA) is 81.9 Å². The van der Waals surface area contributed by atoms with E-state index in [1.54, 1.807) is 5.01 Å². The number of pyridine rings is 1. The smallest absolute Gasteiger partial charge is 0.154 e. The summed E-state index contributed by atoms with van der Waals surface area (Å²) >= 11 is 1.52. The van der Waals surface area contributed by atoms with Crippen molar-refractivity contribution < 1.29 is 4.74 Å². The Morgan fingerprint density at radius 2 is 2.09 bits per heavy atom. The van der Waals surface area contributed by atoms with Crippen LogP contribution in [0.1, 0.15) is 25.3 Å². The summed E-state index contributed by atoms with van der Waals surface area (Å²) < 4.78 is 9.26. The van der Waals surface area contributed by atoms with E-state index in [1.807, 2.05) is 42.6 Å². The molecule has 0 aliphatic carbocycles. The Morgan fingerprint density at radius 1 is 1.27 bits per heavy atom. The van der Waals surface area contributed by atoms with Crippen molar-refractivity contribution in [2.75, 3.05) is 43.3 Å². The number of rotatable bonds is 4. The van der Waals surface area contributed by atoms with Crippen molar-refractivity contribution in [3.8, 4) is 5.75 Å². The number of nitrogens with zero attached hydrogens (tertiary/aromatic N) is 4. The van der Waals surface area contributed by atoms with E-state index in [-0.39, 0.29) is 0 Å². The predicted molar refractivity (Wildman–Crippen MR) is 137 cm³/mol. The molecule has 4 N–H and O–H groups in total. The minimum atomic E-state index is 0.293. The van der Waals surface area contributed by atoms with Gasteiger partial charge in [-0.05, 0) is 54.8 Å². The van der Waals surface area contributed by atoms with Gasteiger partial charge < -0.3 is 14.8 Å². The number of ether oxygens (including phenoxy) is 1. The summed E-state index contributed by atoms with van der Waals surface area (Å²) in [5.74, 6) is 8.67. The van der Waals surface area contributed by atoms with Crippen LogP contribution in [0.15, 0.2) is 60.1 Å². The van der Waals surface area contributed by atoms with E-state index in [9.17, 15) is 0 Å². The molecule has 1 unspecified atom stereocenters. The van der Waals surface area contributed by atoms with E-state index >= 15 is 0 Å². The van der Waals surface area contributed by atoms with Crippen LogP contribution >= 0.6 is 11.9 Å². The van der Waals surface area contributed by atoms with Gasteiger partial charge in [0.05, 0.1) is 6.54 Å². The van der Waals surface area contributed by atoms with Crippen molar-refractivity contribution in [1.29, 1.82) is 0 Å². The Morgan fingerprint density at radius 3 is 2.88 bits per heavy atom. The Labute approximate surface area is 200 Å². The average Bonchev–Trinajstić information content (AvgIpc) is 3.20. The van der Waals surface area contributed by atoms with Crippen LogP contribution in [0.5, 0.6) is 5.75 Å². The summed E-state index contributed by atoms with van der Waals surface area (Å²) in [5.41, 5.74) is 1.73. The summed E-state index contributed by atoms with van der Waals surface area (Å²) in [6, 6.07) is 12.3. The summed E-state index contributed by atoms with van der Waals surface area (Å²) in [4.78, 5) is 6.03. The molecule has 33 heavy (non-hydrogen) atoms. The molecule has 176 valence electrons. The molecule has 4 heterocycles. The lowest BCUT2D eigenvalue weighted by Crippen LogP contribution is -2.37. The van der Waals surface area contributed by atoms with Gasteiger partial charge in [-0.15, -0.1) is 0 Å². The summed E-state index contributed by atoms with van der Waals surface area (Å²) in [6.45, 7) is 9.50. The van der Waals surface area contributed by atoms with E-state index in [0.29, 0.717) is 18.5 Å². The Hall–Kier alpha value is -2.72. The second kappa shape index (κ2) is 10.9. The van der Waals surface area contributed by atoms with Crippen molar-refractivity contribution in [3.05, 3.63) is 60.8 Å². The molecule has 0 radical (unpaired) electrons. The molecule has 3 aliphatic rings. The van der Waals surface area contributed by atoms with E-state index in [4.69, 9.17) is 15.6 Å². The standard InChI is InChI=1S/C24H33N7OS/c1-4-5-6-14-30(25)23-12-11-22-18(2)28-33-21-9-7-20(8-10-21)32-15-13-26-19-16-29(3)31(17-19)24(22)27-23/h6-12,14,19,26,28H,2,4-5,13,15-17,25H2,1,3H3/b14-6-. The van der Waals surface area contributed by atoms with Gasteiger partial charge in [0.1, 0.15) is 18.2 Å². The SMILES string of the molecule is C=C1NSc2ccc(cc2)OCCNC2CN(C)N(C2)c2nc(N(N)/C=C\CCC)ccc21. The van der Waals surface area contributed by atoms with Gasteiger partial charge in [0.2, 0.25) is 0 Å². The van der Waals surface area contributed by atoms with Crippen LogP contribution in [-0.4, -0.2) is 49.3 Å². The van der Waals surface area contributed by atoms with E-state index < -0.39 is 0 Å². The van der Waals surface area contributed by atoms with Gasteiger partial charge in [-0.25, -0.2) is 15.8 Å². The fourth-order valence-electron chi connectivity index (χ4n) is 3.86. The average molecular weight is 468 g/mol. The maximum Gasteiger partial charge on any atom is 0.154 e. The number of likely N-dealkylation sites (N-methyl/N-ethyl adjacent to an activating group) is 1. The first-order valence-corrected chi connectivity index (χ1v) is 12.2. The van der Waals surface area contributed by atoms with Gasteiger partial charge in [-0.2, -0.15) is 0 Å². The van der Waals surface area contributed by atoms with Gasteiger partial charge in [-0.3, -0.25) is 10.0 Å². The number of hydrogen-bond acceptors (Lipinski definition) is 9. The molecular formula is C24H33N7OS. The van der Waals surface area contributed by atoms with Crippen LogP contribution < -0.4 is 30.6 Å². The molecule has 1 aromatic heterocycles. The number of nitrogens with one attached hydrogen (secondary N) is 2. The normalized spacial score (nSPS) is 19.4. The number of aromatic nitrogens is 1. The number of hydrazine groups is 2. The molecule has 1 fully saturated rings. The molecule has 1 saturated heterocycles. The number of unbranched alkanes of at least 4 members (excludes halogenated alkanes) is 1. The van der Waals surface area contributed by atoms with Crippen LogP contribution in [-0.2, 0) is 0 Å². The van der Waals surface area contributed by atoms with Crippen LogP contribution in [0.3, 0.4) is 0 Å². The number of allylic oxidation sites excluding steroid dienone is 1. The van der Waals surface area contributed by atoms with Crippen molar-refractivity contribution in [2.24, 2.45) is 5.84 Å². The molecule has 0 saturated carbocycles. The molecule has 9 heteroatoms. The molecule has 4 bridgehead atoms. The number of fused-ring (bicyclic) bond motifs is 7. The van der Waals surface area contributed by atoms with Crippen LogP contribution in [0.2, 0.25) is 0 Å². The first kappa shape index (κ1) is 23.4. The Balaban J connectivity index is 1.66. The predicted octanol–water partition coefficient (Wildman–Crippen LogP) is 3.36. The highest BCUT2D eigenvalue weighted by molar-refractivity contribution is 7.97. The molecule has 2 aromatic rings. The highest BCUT2D eigenvalue weighted by atomic mass is 32.2. The van der Waals surface area contributed by atoms with Crippen molar-refractivity contribution in [2.45, 2.75) is 30.7 Å². The largest absolute Gasteiger partial charge is 0.492 e. The van der Waals surface area contributed by atoms with Crippen LogP contribution in [0, 0.1) is 0 Å². The number of nitrogens with two attached hydrogens (primary N) is 1. The van der Waals surface area contributed by atoms with Gasteiger partial charge in [-0.1, -0.05) is 26.0 Å². The summed E-state index contributed by atoms with van der Waals surface area (Å²) in [6.07, 6.45) is 5.99. The minimum Gasteiger partial charge on any atom is -0.492 e. The van der Waals surface area contributed by atoms with Crippen LogP contribution in [0.4, 0.5) is 11.6 Å². The molecule has 1 aromatic carbocycles. The second-order valence-corrected chi connectivity index (χ2v) is 9.08. The second-order valence-electron chi connectivity index (χ2n) is 8.20. The van der Waals surface area contributed by atoms with Crippen LogP contribution in [0.25, 0.3) is 5.70 Å². The zero-order valence-electron chi connectivity index (χ0n) is 19.3. The lowest BCUT2D eigenvalue weighted by Gasteiger charge is -2.28. The molecular weight excluding hydrogens is 434 g/mol. The number of benzene rings is 1. The lowest BCUT2D eigenvalue weighted by atomic mass is 10.2. The summed E-state index contributed by atoms with van der Waals surface area (Å²) in [7, 11) is 2.08. The van der Waals surface area contributed by atoms with Gasteiger partial charge in [0, 0.05) is 48.5 Å². The third-order valence-electron chi connectivity index (χ3n) is 5.63. The van der Waals surface area contributed by atoms with E-state index in [0.717, 1.165) is 60.2 Å². The maximum absolute atomic E-state index is 6.28. The number of anilines is 2. The minimum absolute atomic E-state index is 0.293. The zero-order chi connectivity index (χ0) is 23.2. The first-order chi connectivity index (χ1) is 16.0. The quantitative estimate of drug-likeness (QED) is 0.356. The number of hydrogen-bond donors (Lipinski definition) is 3. The van der Waals surface area contributed by atoms with Crippen molar-refractivity contribution >= 4 is 29.3 Å². The van der Waals surface area contributed by atoms with Crippen molar-refractivity contribution in [3.63, 3.8) is 0 Å². The third-order valence-corrected chi connectivity index (χ3v) is 6.48. The Bertz CT molecular complexity index is 981. The molecule has 0 spiro atoms. The molecule has 3 aliphatic heterocycles. The lowest BCUT2D eigenvalue weighted by molar-refractivity contribution is 0.303. The van der Waals surface area contributed by atoms with Gasteiger partial charge in [0.15, 0.2) is 5.82 Å². The zero-order valence-corrected chi connectivity index (χ0v) is 20.1. The molecule has 5 rings (SSSR count). The van der Waals surface area contributed by atoms with Gasteiger partial charge in [0.25, 0.3) is 0 Å². The Kier molecular flexibility index (Phi) is 7.77. The molecule has 0 amide bonds. The van der Waals surface area contributed by atoms with E-state index in [2.05, 4.69) is 46.7 Å². The molecule has 8 nitrogen and oxygen atoms in total.